The highest BCUT2D eigenvalue weighted by atomic mass is 35.5. The predicted octanol–water partition coefficient (Wildman–Crippen LogP) is 5.57. The van der Waals surface area contributed by atoms with Gasteiger partial charge in [-0.1, -0.05) is 61.8 Å². The van der Waals surface area contributed by atoms with Crippen molar-refractivity contribution in [2.24, 2.45) is 5.92 Å². The number of anilines is 1. The van der Waals surface area contributed by atoms with Gasteiger partial charge in [0.25, 0.3) is 0 Å². The van der Waals surface area contributed by atoms with Crippen LogP contribution in [0.1, 0.15) is 44.2 Å². The molecule has 9 nitrogen and oxygen atoms in total. The largest absolute Gasteiger partial charge is 0.453 e. The molecule has 12 heteroatoms. The average Bonchev–Trinajstić information content (AvgIpc) is 3.00. The fourth-order valence-electron chi connectivity index (χ4n) is 6.01. The van der Waals surface area contributed by atoms with Gasteiger partial charge in [0.15, 0.2) is 0 Å². The number of nitrogens with zero attached hydrogens (tertiary/aromatic N) is 1. The molecule has 0 radical (unpaired) electrons. The maximum atomic E-state index is 15.4. The number of hydrogen-bond acceptors (Lipinski definition) is 6. The van der Waals surface area contributed by atoms with Crippen LogP contribution in [-0.4, -0.2) is 63.0 Å². The van der Waals surface area contributed by atoms with E-state index in [1.165, 1.54) is 23.5 Å². The highest BCUT2D eigenvalue weighted by molar-refractivity contribution is 7.89. The Morgan fingerprint density at radius 1 is 1.07 bits per heavy atom. The van der Waals surface area contributed by atoms with Gasteiger partial charge in [0.1, 0.15) is 11.9 Å². The maximum Gasteiger partial charge on any atom is 0.407 e. The van der Waals surface area contributed by atoms with Crippen LogP contribution < -0.4 is 16.0 Å². The van der Waals surface area contributed by atoms with E-state index in [1.807, 2.05) is 26.8 Å². The molecule has 4 rings (SSSR count). The molecule has 0 bridgehead atoms. The Bertz CT molecular complexity index is 1590. The molecule has 1 heterocycles. The molecule has 4 atom stereocenters. The molecule has 1 aliphatic rings. The molecule has 0 saturated carbocycles. The van der Waals surface area contributed by atoms with E-state index in [-0.39, 0.29) is 34.5 Å². The third-order valence-electron chi connectivity index (χ3n) is 8.09. The van der Waals surface area contributed by atoms with Crippen molar-refractivity contribution >= 4 is 39.3 Å². The van der Waals surface area contributed by atoms with Gasteiger partial charge >= 0.3 is 6.09 Å². The van der Waals surface area contributed by atoms with Crippen molar-refractivity contribution in [3.8, 4) is 0 Å². The highest BCUT2D eigenvalue weighted by Crippen LogP contribution is 2.32. The molecule has 3 aromatic rings. The van der Waals surface area contributed by atoms with Gasteiger partial charge in [-0.3, -0.25) is 4.79 Å². The summed E-state index contributed by atoms with van der Waals surface area (Å²) in [7, 11) is -2.60. The van der Waals surface area contributed by atoms with E-state index in [0.29, 0.717) is 24.5 Å². The van der Waals surface area contributed by atoms with Crippen molar-refractivity contribution in [2.45, 2.75) is 62.6 Å². The Hall–Kier alpha value is -3.51. The van der Waals surface area contributed by atoms with Crippen LogP contribution in [0.15, 0.2) is 77.7 Å². The van der Waals surface area contributed by atoms with Crippen LogP contribution >= 0.6 is 11.6 Å². The number of sulfonamides is 1. The molecule has 0 spiro atoms. The van der Waals surface area contributed by atoms with E-state index >= 15 is 4.39 Å². The Balaban J connectivity index is 1.61. The Morgan fingerprint density at radius 3 is 2.44 bits per heavy atom. The standard InChI is InChI=1S/C33H40ClFN4O5S/c1-21(2)30(23-10-8-11-24(34)18-23)31(38-33(41)44-4)32(40)37-29-15-9-14-28(35)27(29)17-16-25-20-36-19-22(3)39(25)45(42,43)26-12-6-5-7-13-26/h5-15,18,21-22,25,30-31,36H,16-17,19-20H2,1-4H3,(H,37,40)(H,38,41)/t22-,25-,30+,31-/m0/s1. The number of carbonyl (C=O) groups excluding carboxylic acids is 2. The molecule has 1 aliphatic heterocycles. The maximum absolute atomic E-state index is 15.4. The van der Waals surface area contributed by atoms with Crippen LogP contribution in [-0.2, 0) is 26.0 Å². The lowest BCUT2D eigenvalue weighted by Gasteiger charge is -2.40. The van der Waals surface area contributed by atoms with Crippen molar-refractivity contribution in [3.63, 3.8) is 0 Å². The molecule has 1 saturated heterocycles. The molecule has 0 unspecified atom stereocenters. The number of hydrogen-bond donors (Lipinski definition) is 3. The number of ether oxygens (including phenoxy) is 1. The zero-order valence-corrected chi connectivity index (χ0v) is 27.4. The van der Waals surface area contributed by atoms with Gasteiger partial charge in [-0.15, -0.1) is 0 Å². The third kappa shape index (κ3) is 8.21. The summed E-state index contributed by atoms with van der Waals surface area (Å²) in [6.45, 7) is 6.57. The molecule has 0 aromatic heterocycles. The van der Waals surface area contributed by atoms with Crippen molar-refractivity contribution in [1.29, 1.82) is 0 Å². The van der Waals surface area contributed by atoms with Crippen LogP contribution in [0.4, 0.5) is 14.9 Å². The number of alkyl carbamates (subject to hydrolysis) is 1. The number of carbonyl (C=O) groups is 2. The topological polar surface area (TPSA) is 117 Å². The summed E-state index contributed by atoms with van der Waals surface area (Å²) in [6, 6.07) is 17.9. The molecule has 3 N–H and O–H groups in total. The number of rotatable bonds is 11. The van der Waals surface area contributed by atoms with Gasteiger partial charge in [0, 0.05) is 47.4 Å². The molecule has 1 fully saturated rings. The molecule has 3 aromatic carbocycles. The Kier molecular flexibility index (Phi) is 11.6. The minimum absolute atomic E-state index is 0.110. The van der Waals surface area contributed by atoms with Crippen LogP contribution in [0.5, 0.6) is 0 Å². The van der Waals surface area contributed by atoms with E-state index in [4.69, 9.17) is 16.3 Å². The van der Waals surface area contributed by atoms with Crippen LogP contribution in [0.25, 0.3) is 0 Å². The Labute approximate surface area is 269 Å². The first-order valence-corrected chi connectivity index (χ1v) is 16.7. The number of benzene rings is 3. The second-order valence-electron chi connectivity index (χ2n) is 11.5. The number of amides is 2. The number of piperazine rings is 1. The van der Waals surface area contributed by atoms with E-state index in [1.54, 1.807) is 54.6 Å². The van der Waals surface area contributed by atoms with Gasteiger partial charge in [0.2, 0.25) is 15.9 Å². The number of methoxy groups -OCH3 is 1. The quantitative estimate of drug-likeness (QED) is 0.248. The van der Waals surface area contributed by atoms with Gasteiger partial charge in [-0.2, -0.15) is 4.31 Å². The monoisotopic (exact) mass is 658 g/mol. The second kappa shape index (κ2) is 15.2. The van der Waals surface area contributed by atoms with E-state index in [9.17, 15) is 18.0 Å². The number of halogens is 2. The van der Waals surface area contributed by atoms with E-state index in [0.717, 1.165) is 5.56 Å². The van der Waals surface area contributed by atoms with Gasteiger partial charge in [-0.05, 0) is 67.6 Å². The lowest BCUT2D eigenvalue weighted by Crippen LogP contribution is -2.58. The van der Waals surface area contributed by atoms with Crippen molar-refractivity contribution in [1.82, 2.24) is 14.9 Å². The molecular formula is C33H40ClFN4O5S. The summed E-state index contributed by atoms with van der Waals surface area (Å²) in [5, 5.41) is 9.26. The molecule has 2 amide bonds. The minimum atomic E-state index is -3.81. The Morgan fingerprint density at radius 2 is 1.78 bits per heavy atom. The normalized spacial score (nSPS) is 18.6. The van der Waals surface area contributed by atoms with Crippen LogP contribution in [0.2, 0.25) is 5.02 Å². The second-order valence-corrected chi connectivity index (χ2v) is 13.8. The summed E-state index contributed by atoms with van der Waals surface area (Å²) in [6.07, 6.45) is -0.339. The fourth-order valence-corrected chi connectivity index (χ4v) is 8.07. The molecule has 242 valence electrons. The first-order valence-electron chi connectivity index (χ1n) is 14.9. The SMILES string of the molecule is COC(=O)N[C@H](C(=O)Nc1cccc(F)c1CC[C@H]1CNC[C@H](C)N1S(=O)(=O)c1ccccc1)[C@@H](c1cccc(Cl)c1)C(C)C. The van der Waals surface area contributed by atoms with Crippen LogP contribution in [0.3, 0.4) is 0 Å². The highest BCUT2D eigenvalue weighted by Gasteiger charge is 2.38. The van der Waals surface area contributed by atoms with E-state index in [2.05, 4.69) is 16.0 Å². The minimum Gasteiger partial charge on any atom is -0.453 e. The predicted molar refractivity (Wildman–Crippen MR) is 173 cm³/mol. The van der Waals surface area contributed by atoms with Gasteiger partial charge < -0.3 is 20.7 Å². The number of nitrogens with one attached hydrogen (secondary N) is 3. The van der Waals surface area contributed by atoms with Crippen LogP contribution in [0, 0.1) is 11.7 Å². The molecule has 45 heavy (non-hydrogen) atoms. The lowest BCUT2D eigenvalue weighted by molar-refractivity contribution is -0.118. The molecule has 0 aliphatic carbocycles. The fraction of sp³-hybridized carbons (Fsp3) is 0.394. The first kappa shape index (κ1) is 34.4. The summed E-state index contributed by atoms with van der Waals surface area (Å²) in [5.41, 5.74) is 1.22. The summed E-state index contributed by atoms with van der Waals surface area (Å²) in [4.78, 5) is 26.5. The van der Waals surface area contributed by atoms with E-state index < -0.39 is 45.8 Å². The van der Waals surface area contributed by atoms with Crippen molar-refractivity contribution < 1.29 is 27.1 Å². The summed E-state index contributed by atoms with van der Waals surface area (Å²) in [5.74, 6) is -1.70. The summed E-state index contributed by atoms with van der Waals surface area (Å²) < 4.78 is 49.0. The lowest BCUT2D eigenvalue weighted by atomic mass is 9.82. The average molecular weight is 659 g/mol. The smallest absolute Gasteiger partial charge is 0.407 e. The molecular weight excluding hydrogens is 619 g/mol. The zero-order valence-electron chi connectivity index (χ0n) is 25.8. The first-order chi connectivity index (χ1) is 21.4. The van der Waals surface area contributed by atoms with Crippen molar-refractivity contribution in [2.75, 3.05) is 25.5 Å². The third-order valence-corrected chi connectivity index (χ3v) is 10.4. The zero-order chi connectivity index (χ0) is 32.7. The summed E-state index contributed by atoms with van der Waals surface area (Å²) >= 11 is 6.26. The van der Waals surface area contributed by atoms with Gasteiger partial charge in [-0.25, -0.2) is 17.6 Å². The van der Waals surface area contributed by atoms with Gasteiger partial charge in [0.05, 0.1) is 12.0 Å². The van der Waals surface area contributed by atoms with Crippen molar-refractivity contribution in [3.05, 3.63) is 94.8 Å².